The van der Waals surface area contributed by atoms with Gasteiger partial charge in [-0.05, 0) is 37.8 Å². The largest absolute Gasteiger partial charge is 0.424 e. The highest BCUT2D eigenvalue weighted by Crippen LogP contribution is 2.34. The third-order valence-electron chi connectivity index (χ3n) is 4.74. The number of nitrogen functional groups attached to an aromatic ring is 1. The van der Waals surface area contributed by atoms with Crippen molar-refractivity contribution in [3.63, 3.8) is 0 Å². The van der Waals surface area contributed by atoms with Gasteiger partial charge in [-0.25, -0.2) is 9.97 Å². The topological polar surface area (TPSA) is 81.1 Å². The molecule has 2 N–H and O–H groups in total. The van der Waals surface area contributed by atoms with Crippen LogP contribution in [0.1, 0.15) is 24.1 Å². The number of aryl methyl sites for hydroxylation is 1. The van der Waals surface area contributed by atoms with Gasteiger partial charge in [0.25, 0.3) is 6.01 Å². The van der Waals surface area contributed by atoms with Gasteiger partial charge in [0, 0.05) is 29.9 Å². The standard InChI is InChI=1S/C17H17N5O/c18-16-19-13-6-5-10(9-14(13)23-16)15-11-3-1-4-12(11)20-17(21-15)22-7-2-8-22/h5-6,9H,1-4,7-8H2,(H2,18,19). The molecule has 0 saturated carbocycles. The molecular weight excluding hydrogens is 290 g/mol. The quantitative estimate of drug-likeness (QED) is 0.783. The number of rotatable bonds is 2. The van der Waals surface area contributed by atoms with Crippen molar-refractivity contribution in [3.8, 4) is 11.3 Å². The zero-order chi connectivity index (χ0) is 15.4. The third-order valence-corrected chi connectivity index (χ3v) is 4.74. The van der Waals surface area contributed by atoms with Gasteiger partial charge in [0.05, 0.1) is 5.69 Å². The summed E-state index contributed by atoms with van der Waals surface area (Å²) in [6, 6.07) is 6.17. The van der Waals surface area contributed by atoms with E-state index >= 15 is 0 Å². The molecule has 0 atom stereocenters. The van der Waals surface area contributed by atoms with E-state index in [0.29, 0.717) is 5.58 Å². The van der Waals surface area contributed by atoms with E-state index in [1.165, 1.54) is 17.7 Å². The molecule has 3 aromatic rings. The highest BCUT2D eigenvalue weighted by atomic mass is 16.4. The van der Waals surface area contributed by atoms with Crippen molar-refractivity contribution in [1.29, 1.82) is 0 Å². The summed E-state index contributed by atoms with van der Waals surface area (Å²) in [5.41, 5.74) is 11.7. The lowest BCUT2D eigenvalue weighted by Gasteiger charge is -2.31. The van der Waals surface area contributed by atoms with E-state index in [1.807, 2.05) is 18.2 Å². The van der Waals surface area contributed by atoms with Gasteiger partial charge in [0.2, 0.25) is 5.95 Å². The lowest BCUT2D eigenvalue weighted by atomic mass is 10.0. The van der Waals surface area contributed by atoms with Crippen LogP contribution in [0.15, 0.2) is 22.6 Å². The van der Waals surface area contributed by atoms with Gasteiger partial charge in [-0.1, -0.05) is 6.07 Å². The Hall–Kier alpha value is -2.63. The number of hydrogen-bond acceptors (Lipinski definition) is 6. The second-order valence-corrected chi connectivity index (χ2v) is 6.23. The molecule has 2 aromatic heterocycles. The number of fused-ring (bicyclic) bond motifs is 2. The maximum atomic E-state index is 5.65. The molecule has 0 radical (unpaired) electrons. The summed E-state index contributed by atoms with van der Waals surface area (Å²) in [7, 11) is 0. The normalized spacial score (nSPS) is 16.6. The summed E-state index contributed by atoms with van der Waals surface area (Å²) in [4.78, 5) is 16.1. The average molecular weight is 307 g/mol. The van der Waals surface area contributed by atoms with Crippen molar-refractivity contribution < 1.29 is 4.42 Å². The summed E-state index contributed by atoms with van der Waals surface area (Å²) in [6.07, 6.45) is 4.46. The smallest absolute Gasteiger partial charge is 0.292 e. The highest BCUT2D eigenvalue weighted by Gasteiger charge is 2.24. The molecule has 6 nitrogen and oxygen atoms in total. The first-order valence-corrected chi connectivity index (χ1v) is 8.09. The minimum Gasteiger partial charge on any atom is -0.424 e. The van der Waals surface area contributed by atoms with E-state index in [4.69, 9.17) is 20.1 Å². The van der Waals surface area contributed by atoms with Crippen LogP contribution in [0.5, 0.6) is 0 Å². The van der Waals surface area contributed by atoms with E-state index < -0.39 is 0 Å². The molecule has 116 valence electrons. The SMILES string of the molecule is Nc1nc2ccc(-c3nc(N4CCC4)nc4c3CCC4)cc2o1. The van der Waals surface area contributed by atoms with Crippen molar-refractivity contribution in [2.24, 2.45) is 0 Å². The van der Waals surface area contributed by atoms with Crippen molar-refractivity contribution in [3.05, 3.63) is 29.5 Å². The monoisotopic (exact) mass is 307 g/mol. The Balaban J connectivity index is 1.69. The van der Waals surface area contributed by atoms with E-state index in [0.717, 1.165) is 55.1 Å². The minimum atomic E-state index is 0.200. The van der Waals surface area contributed by atoms with E-state index in [-0.39, 0.29) is 6.01 Å². The highest BCUT2D eigenvalue weighted by molar-refractivity contribution is 5.81. The number of nitrogens with two attached hydrogens (primary N) is 1. The third kappa shape index (κ3) is 1.98. The van der Waals surface area contributed by atoms with Crippen LogP contribution in [0, 0.1) is 0 Å². The Morgan fingerprint density at radius 1 is 1.04 bits per heavy atom. The van der Waals surface area contributed by atoms with E-state index in [1.54, 1.807) is 0 Å². The fourth-order valence-corrected chi connectivity index (χ4v) is 3.41. The summed E-state index contributed by atoms with van der Waals surface area (Å²) >= 11 is 0. The molecule has 2 aliphatic rings. The summed E-state index contributed by atoms with van der Waals surface area (Å²) in [5.74, 6) is 0.865. The molecule has 1 saturated heterocycles. The predicted molar refractivity (Wildman–Crippen MR) is 88.3 cm³/mol. The van der Waals surface area contributed by atoms with Gasteiger partial charge < -0.3 is 15.1 Å². The fourth-order valence-electron chi connectivity index (χ4n) is 3.41. The zero-order valence-electron chi connectivity index (χ0n) is 12.7. The van der Waals surface area contributed by atoms with E-state index in [9.17, 15) is 0 Å². The number of anilines is 2. The molecule has 5 rings (SSSR count). The molecule has 0 unspecified atom stereocenters. The van der Waals surface area contributed by atoms with Gasteiger partial charge in [0.1, 0.15) is 5.52 Å². The number of nitrogens with zero attached hydrogens (tertiary/aromatic N) is 4. The first kappa shape index (κ1) is 12.9. The van der Waals surface area contributed by atoms with Crippen LogP contribution >= 0.6 is 0 Å². The second kappa shape index (κ2) is 4.68. The Bertz CT molecular complexity index is 913. The number of aromatic nitrogens is 3. The molecule has 0 amide bonds. The number of oxazole rings is 1. The molecule has 0 spiro atoms. The molecule has 1 aliphatic heterocycles. The molecule has 23 heavy (non-hydrogen) atoms. The van der Waals surface area contributed by atoms with Crippen molar-refractivity contribution in [1.82, 2.24) is 15.0 Å². The molecule has 1 aromatic carbocycles. The molecule has 3 heterocycles. The van der Waals surface area contributed by atoms with Crippen LogP contribution in [0.4, 0.5) is 12.0 Å². The Morgan fingerprint density at radius 2 is 1.96 bits per heavy atom. The summed E-state index contributed by atoms with van der Waals surface area (Å²) in [6.45, 7) is 2.10. The molecule has 1 fully saturated rings. The zero-order valence-corrected chi connectivity index (χ0v) is 12.7. The van der Waals surface area contributed by atoms with Crippen molar-refractivity contribution in [2.75, 3.05) is 23.7 Å². The minimum absolute atomic E-state index is 0.200. The maximum absolute atomic E-state index is 5.65. The maximum Gasteiger partial charge on any atom is 0.292 e. The Morgan fingerprint density at radius 3 is 2.78 bits per heavy atom. The van der Waals surface area contributed by atoms with Gasteiger partial charge in [-0.3, -0.25) is 0 Å². The van der Waals surface area contributed by atoms with Crippen LogP contribution in [0.3, 0.4) is 0 Å². The first-order valence-electron chi connectivity index (χ1n) is 8.09. The molecule has 1 aliphatic carbocycles. The van der Waals surface area contributed by atoms with Gasteiger partial charge in [0.15, 0.2) is 5.58 Å². The van der Waals surface area contributed by atoms with E-state index in [2.05, 4.69) is 9.88 Å². The number of benzene rings is 1. The van der Waals surface area contributed by atoms with Crippen LogP contribution in [-0.2, 0) is 12.8 Å². The second-order valence-electron chi connectivity index (χ2n) is 6.23. The first-order chi connectivity index (χ1) is 11.3. The molecule has 0 bridgehead atoms. The fraction of sp³-hybridized carbons (Fsp3) is 0.353. The summed E-state index contributed by atoms with van der Waals surface area (Å²) in [5, 5.41) is 0. The predicted octanol–water partition coefficient (Wildman–Crippen LogP) is 2.57. The lowest BCUT2D eigenvalue weighted by molar-refractivity contribution is 0.599. The van der Waals surface area contributed by atoms with Crippen LogP contribution in [0.2, 0.25) is 0 Å². The lowest BCUT2D eigenvalue weighted by Crippen LogP contribution is -2.38. The summed E-state index contributed by atoms with van der Waals surface area (Å²) < 4.78 is 5.47. The Kier molecular flexibility index (Phi) is 2.62. The molecule has 6 heteroatoms. The Labute approximate surface area is 133 Å². The van der Waals surface area contributed by atoms with Gasteiger partial charge in [-0.2, -0.15) is 4.98 Å². The number of hydrogen-bond donors (Lipinski definition) is 1. The van der Waals surface area contributed by atoms with Gasteiger partial charge in [-0.15, -0.1) is 0 Å². The van der Waals surface area contributed by atoms with Crippen molar-refractivity contribution in [2.45, 2.75) is 25.7 Å². The van der Waals surface area contributed by atoms with Crippen LogP contribution in [0.25, 0.3) is 22.4 Å². The van der Waals surface area contributed by atoms with Crippen LogP contribution in [-0.4, -0.2) is 28.0 Å². The van der Waals surface area contributed by atoms with Gasteiger partial charge >= 0.3 is 0 Å². The van der Waals surface area contributed by atoms with Crippen LogP contribution < -0.4 is 10.6 Å². The van der Waals surface area contributed by atoms with Crippen molar-refractivity contribution >= 4 is 23.1 Å². The average Bonchev–Trinajstić information content (AvgIpc) is 3.08. The molecular formula is C17H17N5O.